The van der Waals surface area contributed by atoms with Crippen molar-refractivity contribution in [1.29, 1.82) is 0 Å². The number of rotatable bonds is 1. The molecule has 0 amide bonds. The van der Waals surface area contributed by atoms with E-state index in [1.54, 1.807) is 6.20 Å². The van der Waals surface area contributed by atoms with Gasteiger partial charge in [0.25, 0.3) is 0 Å². The zero-order valence-electron chi connectivity index (χ0n) is 7.11. The summed E-state index contributed by atoms with van der Waals surface area (Å²) in [6.07, 6.45) is 1.79. The maximum atomic E-state index is 5.25. The van der Waals surface area contributed by atoms with Crippen molar-refractivity contribution in [2.45, 2.75) is 0 Å². The summed E-state index contributed by atoms with van der Waals surface area (Å²) in [7, 11) is 0. The summed E-state index contributed by atoms with van der Waals surface area (Å²) in [6.45, 7) is 3.32. The second-order valence-electron chi connectivity index (χ2n) is 2.78. The van der Waals surface area contributed by atoms with E-state index in [0.717, 1.165) is 36.0 Å². The number of nitrogens with zero attached hydrogens (tertiary/aromatic N) is 3. The minimum Gasteiger partial charge on any atom is -0.378 e. The highest BCUT2D eigenvalue weighted by atomic mass is 127. The van der Waals surface area contributed by atoms with Crippen molar-refractivity contribution in [3.8, 4) is 0 Å². The Balaban J connectivity index is 2.14. The van der Waals surface area contributed by atoms with Gasteiger partial charge in [0, 0.05) is 19.3 Å². The fourth-order valence-corrected chi connectivity index (χ4v) is 1.62. The lowest BCUT2D eigenvalue weighted by atomic mass is 10.4. The summed E-state index contributed by atoms with van der Waals surface area (Å²) >= 11 is 2.19. The number of anilines is 1. The number of morpholine rings is 1. The zero-order valence-corrected chi connectivity index (χ0v) is 9.27. The molecule has 0 radical (unpaired) electrons. The van der Waals surface area contributed by atoms with Gasteiger partial charge in [0.15, 0.2) is 0 Å². The molecule has 1 aliphatic rings. The third kappa shape index (κ3) is 2.28. The molecule has 2 heterocycles. The van der Waals surface area contributed by atoms with Crippen molar-refractivity contribution in [3.63, 3.8) is 0 Å². The molecule has 0 atom stereocenters. The fraction of sp³-hybridized carbons (Fsp3) is 0.500. The van der Waals surface area contributed by atoms with Crippen LogP contribution < -0.4 is 4.90 Å². The van der Waals surface area contributed by atoms with Crippen LogP contribution in [0.25, 0.3) is 0 Å². The van der Waals surface area contributed by atoms with E-state index in [0.29, 0.717) is 0 Å². The number of hydrogen-bond donors (Lipinski definition) is 0. The number of ether oxygens (including phenoxy) is 1. The first-order valence-corrected chi connectivity index (χ1v) is 5.25. The molecule has 1 aromatic heterocycles. The van der Waals surface area contributed by atoms with E-state index in [-0.39, 0.29) is 0 Å². The summed E-state index contributed by atoms with van der Waals surface area (Å²) in [5, 5.41) is 0. The van der Waals surface area contributed by atoms with E-state index in [1.165, 1.54) is 0 Å². The molecule has 1 aromatic rings. The number of hydrogen-bond acceptors (Lipinski definition) is 4. The minimum atomic E-state index is 0.773. The van der Waals surface area contributed by atoms with E-state index < -0.39 is 0 Å². The van der Waals surface area contributed by atoms with Gasteiger partial charge in [0.1, 0.15) is 3.70 Å². The van der Waals surface area contributed by atoms with Crippen LogP contribution in [0.5, 0.6) is 0 Å². The molecule has 70 valence electrons. The molecule has 1 aliphatic heterocycles. The van der Waals surface area contributed by atoms with E-state index in [9.17, 15) is 0 Å². The van der Waals surface area contributed by atoms with Crippen LogP contribution in [0.15, 0.2) is 12.3 Å². The second kappa shape index (κ2) is 4.19. The molecule has 0 aliphatic carbocycles. The van der Waals surface area contributed by atoms with E-state index in [1.807, 2.05) is 6.07 Å². The van der Waals surface area contributed by atoms with Crippen LogP contribution in [0, 0.1) is 3.70 Å². The normalized spacial score (nSPS) is 17.5. The largest absolute Gasteiger partial charge is 0.378 e. The second-order valence-corrected chi connectivity index (χ2v) is 3.88. The molecule has 0 spiro atoms. The van der Waals surface area contributed by atoms with Crippen molar-refractivity contribution in [1.82, 2.24) is 9.97 Å². The summed E-state index contributed by atoms with van der Waals surface area (Å²) in [5.41, 5.74) is 0. The van der Waals surface area contributed by atoms with Crippen LogP contribution in [0.4, 0.5) is 5.95 Å². The van der Waals surface area contributed by atoms with Crippen LogP contribution in [0.1, 0.15) is 0 Å². The molecular weight excluding hydrogens is 281 g/mol. The number of aromatic nitrogens is 2. The van der Waals surface area contributed by atoms with Gasteiger partial charge in [-0.05, 0) is 28.7 Å². The Kier molecular flexibility index (Phi) is 2.94. The van der Waals surface area contributed by atoms with Crippen molar-refractivity contribution < 1.29 is 4.74 Å². The highest BCUT2D eigenvalue weighted by Gasteiger charge is 2.13. The molecule has 0 bridgehead atoms. The van der Waals surface area contributed by atoms with Crippen molar-refractivity contribution >= 4 is 28.5 Å². The van der Waals surface area contributed by atoms with Gasteiger partial charge in [0.2, 0.25) is 5.95 Å². The molecule has 2 rings (SSSR count). The number of halogens is 1. The average molecular weight is 291 g/mol. The SMILES string of the molecule is Ic1ccnc(N2CCOCC2)n1. The Labute approximate surface area is 90.5 Å². The van der Waals surface area contributed by atoms with Crippen molar-refractivity contribution in [2.24, 2.45) is 0 Å². The molecule has 5 heteroatoms. The minimum absolute atomic E-state index is 0.773. The summed E-state index contributed by atoms with van der Waals surface area (Å²) < 4.78 is 6.23. The lowest BCUT2D eigenvalue weighted by Crippen LogP contribution is -2.37. The van der Waals surface area contributed by atoms with Crippen LogP contribution >= 0.6 is 22.6 Å². The molecule has 1 fully saturated rings. The topological polar surface area (TPSA) is 38.2 Å². The van der Waals surface area contributed by atoms with Crippen LogP contribution in [-0.2, 0) is 4.74 Å². The third-order valence-electron chi connectivity index (χ3n) is 1.90. The lowest BCUT2D eigenvalue weighted by Gasteiger charge is -2.26. The fourth-order valence-electron chi connectivity index (χ4n) is 1.24. The molecule has 0 saturated carbocycles. The van der Waals surface area contributed by atoms with Gasteiger partial charge in [-0.3, -0.25) is 0 Å². The van der Waals surface area contributed by atoms with E-state index in [4.69, 9.17) is 4.74 Å². The van der Waals surface area contributed by atoms with Crippen LogP contribution in [-0.4, -0.2) is 36.3 Å². The van der Waals surface area contributed by atoms with E-state index >= 15 is 0 Å². The Morgan fingerprint density at radius 3 is 2.85 bits per heavy atom. The van der Waals surface area contributed by atoms with Crippen molar-refractivity contribution in [2.75, 3.05) is 31.2 Å². The van der Waals surface area contributed by atoms with Gasteiger partial charge in [-0.1, -0.05) is 0 Å². The van der Waals surface area contributed by atoms with Gasteiger partial charge in [-0.25, -0.2) is 9.97 Å². The first-order valence-electron chi connectivity index (χ1n) is 4.17. The van der Waals surface area contributed by atoms with Gasteiger partial charge in [-0.15, -0.1) is 0 Å². The molecule has 13 heavy (non-hydrogen) atoms. The summed E-state index contributed by atoms with van der Waals surface area (Å²) in [5.74, 6) is 0.815. The monoisotopic (exact) mass is 291 g/mol. The summed E-state index contributed by atoms with van der Waals surface area (Å²) in [6, 6.07) is 1.89. The maximum Gasteiger partial charge on any atom is 0.226 e. The van der Waals surface area contributed by atoms with Gasteiger partial charge < -0.3 is 9.64 Å². The smallest absolute Gasteiger partial charge is 0.226 e. The maximum absolute atomic E-state index is 5.25. The first-order chi connectivity index (χ1) is 6.36. The molecular formula is C8H10IN3O. The van der Waals surface area contributed by atoms with Gasteiger partial charge >= 0.3 is 0 Å². The predicted octanol–water partition coefficient (Wildman–Crippen LogP) is 0.918. The zero-order chi connectivity index (χ0) is 9.10. The lowest BCUT2D eigenvalue weighted by molar-refractivity contribution is 0.122. The van der Waals surface area contributed by atoms with Crippen LogP contribution in [0.2, 0.25) is 0 Å². The standard InChI is InChI=1S/C8H10IN3O/c9-7-1-2-10-8(11-7)12-3-5-13-6-4-12/h1-2H,3-6H2. The van der Waals surface area contributed by atoms with Gasteiger partial charge in [0.05, 0.1) is 13.2 Å². The molecule has 1 saturated heterocycles. The predicted molar refractivity (Wildman–Crippen MR) is 57.8 cm³/mol. The molecule has 4 nitrogen and oxygen atoms in total. The van der Waals surface area contributed by atoms with Crippen molar-refractivity contribution in [3.05, 3.63) is 16.0 Å². The molecule has 0 aromatic carbocycles. The molecule has 0 unspecified atom stereocenters. The first kappa shape index (κ1) is 9.14. The Morgan fingerprint density at radius 2 is 2.15 bits per heavy atom. The molecule has 0 N–H and O–H groups in total. The Bertz CT molecular complexity index is 288. The highest BCUT2D eigenvalue weighted by Crippen LogP contribution is 2.10. The highest BCUT2D eigenvalue weighted by molar-refractivity contribution is 14.1. The third-order valence-corrected chi connectivity index (χ3v) is 2.50. The Hall–Kier alpha value is -0.430. The van der Waals surface area contributed by atoms with E-state index in [2.05, 4.69) is 37.5 Å². The Morgan fingerprint density at radius 1 is 1.38 bits per heavy atom. The summed E-state index contributed by atoms with van der Waals surface area (Å²) in [4.78, 5) is 10.7. The van der Waals surface area contributed by atoms with Crippen LogP contribution in [0.3, 0.4) is 0 Å². The average Bonchev–Trinajstić information content (AvgIpc) is 2.19. The van der Waals surface area contributed by atoms with Gasteiger partial charge in [-0.2, -0.15) is 0 Å². The quantitative estimate of drug-likeness (QED) is 0.569.